The number of aromatic nitrogens is 3. The third-order valence-corrected chi connectivity index (χ3v) is 5.08. The monoisotopic (exact) mass is 435 g/mol. The van der Waals surface area contributed by atoms with Crippen LogP contribution in [0.4, 0.5) is 4.39 Å². The maximum Gasteiger partial charge on any atom is 0.138 e. The maximum absolute atomic E-state index is 13.9. The van der Waals surface area contributed by atoms with Crippen molar-refractivity contribution < 1.29 is 4.39 Å². The molecule has 0 saturated carbocycles. The molecule has 0 saturated heterocycles. The van der Waals surface area contributed by atoms with Crippen molar-refractivity contribution >= 4 is 56.6 Å². The van der Waals surface area contributed by atoms with Crippen LogP contribution in [0.2, 0.25) is 0 Å². The van der Waals surface area contributed by atoms with Crippen molar-refractivity contribution in [3.63, 3.8) is 0 Å². The number of benzene rings is 1. The number of imidazole rings is 1. The van der Waals surface area contributed by atoms with Gasteiger partial charge in [0.15, 0.2) is 0 Å². The number of aryl methyl sites for hydroxylation is 2. The summed E-state index contributed by atoms with van der Waals surface area (Å²) in [5, 5.41) is 1.02. The Morgan fingerprint density at radius 1 is 1.43 bits per heavy atom. The summed E-state index contributed by atoms with van der Waals surface area (Å²) in [6.45, 7) is 2.62. The first-order chi connectivity index (χ1) is 10.1. The number of fused-ring (bicyclic) bond motifs is 1. The molecule has 3 nitrogen and oxygen atoms in total. The molecule has 1 aromatic carbocycles. The minimum atomic E-state index is -0.220. The molecule has 0 aliphatic rings. The van der Waals surface area contributed by atoms with Crippen LogP contribution < -0.4 is 0 Å². The van der Waals surface area contributed by atoms with Crippen molar-refractivity contribution in [1.29, 1.82) is 0 Å². The highest BCUT2D eigenvalue weighted by atomic mass is 127. The molecule has 7 heteroatoms. The van der Waals surface area contributed by atoms with E-state index in [9.17, 15) is 4.39 Å². The molecule has 110 valence electrons. The van der Waals surface area contributed by atoms with Crippen molar-refractivity contribution in [3.05, 3.63) is 43.4 Å². The van der Waals surface area contributed by atoms with Gasteiger partial charge < -0.3 is 4.57 Å². The Morgan fingerprint density at radius 2 is 2.24 bits per heavy atom. The quantitative estimate of drug-likeness (QED) is 0.450. The fourth-order valence-electron chi connectivity index (χ4n) is 2.26. The van der Waals surface area contributed by atoms with Crippen LogP contribution in [0, 0.1) is 16.3 Å². The lowest BCUT2D eigenvalue weighted by molar-refractivity contribution is 0.621. The molecule has 0 amide bonds. The van der Waals surface area contributed by atoms with Crippen molar-refractivity contribution in [3.8, 4) is 0 Å². The lowest BCUT2D eigenvalue weighted by Crippen LogP contribution is -2.05. The average molecular weight is 436 g/mol. The van der Waals surface area contributed by atoms with E-state index >= 15 is 0 Å². The van der Waals surface area contributed by atoms with Crippen LogP contribution in [-0.4, -0.2) is 20.4 Å². The van der Waals surface area contributed by atoms with Crippen LogP contribution in [-0.2, 0) is 13.0 Å². The highest BCUT2D eigenvalue weighted by molar-refractivity contribution is 14.1. The predicted octanol–water partition coefficient (Wildman–Crippen LogP) is 4.37. The summed E-state index contributed by atoms with van der Waals surface area (Å²) in [7, 11) is 0. The molecular weight excluding hydrogens is 424 g/mol. The normalized spacial score (nSPS) is 11.4. The summed E-state index contributed by atoms with van der Waals surface area (Å²) >= 11 is 9.49. The molecule has 2 heterocycles. The average Bonchev–Trinajstić information content (AvgIpc) is 2.97. The Labute approximate surface area is 144 Å². The molecule has 21 heavy (non-hydrogen) atoms. The first-order valence-corrected chi connectivity index (χ1v) is 8.83. The first-order valence-electron chi connectivity index (χ1n) is 6.40. The van der Waals surface area contributed by atoms with Gasteiger partial charge in [0.05, 0.1) is 26.2 Å². The topological polar surface area (TPSA) is 30.7 Å². The minimum Gasteiger partial charge on any atom is -0.322 e. The van der Waals surface area contributed by atoms with E-state index in [4.69, 9.17) is 11.6 Å². The lowest BCUT2D eigenvalue weighted by Gasteiger charge is -2.07. The van der Waals surface area contributed by atoms with Gasteiger partial charge in [-0.05, 0) is 35.6 Å². The zero-order valence-electron chi connectivity index (χ0n) is 11.2. The van der Waals surface area contributed by atoms with E-state index in [0.29, 0.717) is 22.4 Å². The SMILES string of the molecule is Cc1ncc(Cn2c(CCCl)nc3cc(I)c(F)cc32)s1. The second-order valence-corrected chi connectivity index (χ2v) is 7.51. The van der Waals surface area contributed by atoms with Crippen LogP contribution in [0.15, 0.2) is 18.3 Å². The summed E-state index contributed by atoms with van der Waals surface area (Å²) in [6, 6.07) is 3.33. The zero-order chi connectivity index (χ0) is 15.0. The summed E-state index contributed by atoms with van der Waals surface area (Å²) < 4.78 is 16.5. The number of hydrogen-bond donors (Lipinski definition) is 0. The van der Waals surface area contributed by atoms with Crippen LogP contribution in [0.3, 0.4) is 0 Å². The number of alkyl halides is 1. The van der Waals surface area contributed by atoms with Gasteiger partial charge in [-0.3, -0.25) is 0 Å². The van der Waals surface area contributed by atoms with Gasteiger partial charge in [-0.2, -0.15) is 0 Å². The third-order valence-electron chi connectivity index (χ3n) is 3.17. The van der Waals surface area contributed by atoms with Gasteiger partial charge >= 0.3 is 0 Å². The van der Waals surface area contributed by atoms with Crippen molar-refractivity contribution in [2.24, 2.45) is 0 Å². The standard InChI is InChI=1S/C14H12ClFIN3S/c1-8-18-6-9(21-8)7-20-13-4-10(16)11(17)5-12(13)19-14(20)2-3-15/h4-6H,2-3,7H2,1H3. The molecule has 0 bridgehead atoms. The summed E-state index contributed by atoms with van der Waals surface area (Å²) in [5.74, 6) is 1.15. The van der Waals surface area contributed by atoms with Gasteiger partial charge in [-0.15, -0.1) is 22.9 Å². The van der Waals surface area contributed by atoms with Gasteiger partial charge in [0, 0.05) is 29.4 Å². The van der Waals surface area contributed by atoms with Gasteiger partial charge in [-0.25, -0.2) is 14.4 Å². The Bertz CT molecular complexity index is 799. The summed E-state index contributed by atoms with van der Waals surface area (Å²) in [4.78, 5) is 9.99. The largest absolute Gasteiger partial charge is 0.322 e. The van der Waals surface area contributed by atoms with Gasteiger partial charge in [0.25, 0.3) is 0 Å². The molecule has 2 aromatic heterocycles. The van der Waals surface area contributed by atoms with Crippen LogP contribution >= 0.6 is 45.5 Å². The molecule has 0 unspecified atom stereocenters. The fraction of sp³-hybridized carbons (Fsp3) is 0.286. The van der Waals surface area contributed by atoms with E-state index in [0.717, 1.165) is 26.7 Å². The number of nitrogens with zero attached hydrogens (tertiary/aromatic N) is 3. The Balaban J connectivity index is 2.12. The van der Waals surface area contributed by atoms with Gasteiger partial charge in [0.2, 0.25) is 0 Å². The lowest BCUT2D eigenvalue weighted by atomic mass is 10.3. The molecule has 0 aliphatic carbocycles. The second kappa shape index (κ2) is 6.18. The number of thiazole rings is 1. The molecule has 0 atom stereocenters. The smallest absolute Gasteiger partial charge is 0.138 e. The highest BCUT2D eigenvalue weighted by Crippen LogP contribution is 2.24. The second-order valence-electron chi connectivity index (χ2n) is 4.65. The Kier molecular flexibility index (Phi) is 4.46. The van der Waals surface area contributed by atoms with Crippen molar-refractivity contribution in [2.45, 2.75) is 19.9 Å². The van der Waals surface area contributed by atoms with Crippen LogP contribution in [0.25, 0.3) is 11.0 Å². The van der Waals surface area contributed by atoms with Gasteiger partial charge in [-0.1, -0.05) is 0 Å². The maximum atomic E-state index is 13.9. The molecule has 0 radical (unpaired) electrons. The first kappa shape index (κ1) is 15.2. The number of rotatable bonds is 4. The fourth-order valence-corrected chi connectivity index (χ4v) is 3.66. The highest BCUT2D eigenvalue weighted by Gasteiger charge is 2.14. The number of halogens is 3. The Morgan fingerprint density at radius 3 is 2.90 bits per heavy atom. The van der Waals surface area contributed by atoms with Crippen molar-refractivity contribution in [1.82, 2.24) is 14.5 Å². The van der Waals surface area contributed by atoms with E-state index in [1.54, 1.807) is 23.5 Å². The summed E-state index contributed by atoms with van der Waals surface area (Å²) in [6.07, 6.45) is 2.52. The van der Waals surface area contributed by atoms with Crippen LogP contribution in [0.1, 0.15) is 15.7 Å². The Hall–Kier alpha value is -0.730. The minimum absolute atomic E-state index is 0.220. The van der Waals surface area contributed by atoms with E-state index in [1.807, 2.05) is 40.3 Å². The third kappa shape index (κ3) is 3.07. The van der Waals surface area contributed by atoms with Crippen molar-refractivity contribution in [2.75, 3.05) is 5.88 Å². The van der Waals surface area contributed by atoms with Gasteiger partial charge in [0.1, 0.15) is 11.6 Å². The van der Waals surface area contributed by atoms with Crippen LogP contribution in [0.5, 0.6) is 0 Å². The zero-order valence-corrected chi connectivity index (χ0v) is 15.0. The summed E-state index contributed by atoms with van der Waals surface area (Å²) in [5.41, 5.74) is 1.61. The molecule has 0 fully saturated rings. The molecule has 0 aliphatic heterocycles. The molecule has 3 aromatic rings. The number of hydrogen-bond acceptors (Lipinski definition) is 3. The predicted molar refractivity (Wildman–Crippen MR) is 92.8 cm³/mol. The van der Waals surface area contributed by atoms with E-state index in [1.165, 1.54) is 0 Å². The van der Waals surface area contributed by atoms with E-state index < -0.39 is 0 Å². The molecule has 0 spiro atoms. The molecular formula is C14H12ClFIN3S. The van der Waals surface area contributed by atoms with E-state index in [-0.39, 0.29) is 5.82 Å². The molecule has 0 N–H and O–H groups in total. The molecule has 3 rings (SSSR count). The van der Waals surface area contributed by atoms with E-state index in [2.05, 4.69) is 9.97 Å².